The quantitative estimate of drug-likeness (QED) is 0.432. The van der Waals surface area contributed by atoms with Crippen LogP contribution in [0.3, 0.4) is 0 Å². The van der Waals surface area contributed by atoms with E-state index in [0.29, 0.717) is 30.0 Å². The lowest BCUT2D eigenvalue weighted by atomic mass is 10.1. The third kappa shape index (κ3) is 4.75. The van der Waals surface area contributed by atoms with Crippen LogP contribution in [0, 0.1) is 0 Å². The second kappa shape index (κ2) is 9.56. The largest absolute Gasteiger partial charge is 0.492 e. The molecule has 1 N–H and O–H groups in total. The second-order valence-electron chi connectivity index (χ2n) is 6.67. The average molecular weight is 466 g/mol. The number of anilines is 1. The number of aryl methyl sites for hydroxylation is 2. The van der Waals surface area contributed by atoms with Crippen LogP contribution in [-0.4, -0.2) is 25.6 Å². The highest BCUT2D eigenvalue weighted by Gasteiger charge is 2.27. The normalized spacial score (nSPS) is 12.5. The predicted octanol–water partition coefficient (Wildman–Crippen LogP) is 5.15. The SMILES string of the molecule is CCc1ccc(OCCCC(=O)Nc2sc3c(c2C(=O)OC)CCC3)c(Br)c1. The fraction of sp³-hybridized carbons (Fsp3) is 0.429. The van der Waals surface area contributed by atoms with Crippen molar-refractivity contribution in [1.29, 1.82) is 0 Å². The van der Waals surface area contributed by atoms with Crippen LogP contribution in [0.4, 0.5) is 5.00 Å². The molecule has 0 unspecified atom stereocenters. The smallest absolute Gasteiger partial charge is 0.341 e. The highest BCUT2D eigenvalue weighted by molar-refractivity contribution is 9.10. The Morgan fingerprint density at radius 1 is 1.29 bits per heavy atom. The number of benzene rings is 1. The monoisotopic (exact) mass is 465 g/mol. The molecule has 1 aromatic heterocycles. The number of halogens is 1. The molecule has 1 aromatic carbocycles. The van der Waals surface area contributed by atoms with Crippen LogP contribution < -0.4 is 10.1 Å². The van der Waals surface area contributed by atoms with Gasteiger partial charge in [0.2, 0.25) is 5.91 Å². The Bertz CT molecular complexity index is 878. The van der Waals surface area contributed by atoms with Crippen molar-refractivity contribution in [3.63, 3.8) is 0 Å². The van der Waals surface area contributed by atoms with Gasteiger partial charge in [-0.25, -0.2) is 4.79 Å². The van der Waals surface area contributed by atoms with E-state index in [1.165, 1.54) is 28.9 Å². The number of methoxy groups -OCH3 is 1. The van der Waals surface area contributed by atoms with Gasteiger partial charge in [-0.3, -0.25) is 4.79 Å². The lowest BCUT2D eigenvalue weighted by molar-refractivity contribution is -0.116. The maximum Gasteiger partial charge on any atom is 0.341 e. The van der Waals surface area contributed by atoms with Crippen molar-refractivity contribution < 1.29 is 19.1 Å². The zero-order valence-corrected chi connectivity index (χ0v) is 18.5. The highest BCUT2D eigenvalue weighted by atomic mass is 79.9. The molecule has 0 spiro atoms. The Morgan fingerprint density at radius 2 is 2.11 bits per heavy atom. The first-order valence-corrected chi connectivity index (χ1v) is 11.1. The predicted molar refractivity (Wildman–Crippen MR) is 115 cm³/mol. The zero-order valence-electron chi connectivity index (χ0n) is 16.1. The Hall–Kier alpha value is -1.86. The Balaban J connectivity index is 1.52. The molecule has 1 aliphatic rings. The van der Waals surface area contributed by atoms with Gasteiger partial charge in [-0.15, -0.1) is 11.3 Å². The van der Waals surface area contributed by atoms with Gasteiger partial charge < -0.3 is 14.8 Å². The van der Waals surface area contributed by atoms with E-state index >= 15 is 0 Å². The molecule has 28 heavy (non-hydrogen) atoms. The van der Waals surface area contributed by atoms with Gasteiger partial charge in [0.25, 0.3) is 0 Å². The Labute approximate surface area is 177 Å². The fourth-order valence-electron chi connectivity index (χ4n) is 3.30. The van der Waals surface area contributed by atoms with Gasteiger partial charge in [-0.2, -0.15) is 0 Å². The number of nitrogens with one attached hydrogen (secondary N) is 1. The van der Waals surface area contributed by atoms with Crippen LogP contribution in [0.5, 0.6) is 5.75 Å². The van der Waals surface area contributed by atoms with Crippen molar-refractivity contribution >= 4 is 44.1 Å². The number of amides is 1. The summed E-state index contributed by atoms with van der Waals surface area (Å²) in [6.07, 6.45) is 4.76. The molecule has 0 saturated carbocycles. The van der Waals surface area contributed by atoms with Crippen molar-refractivity contribution in [2.24, 2.45) is 0 Å². The number of thiophene rings is 1. The summed E-state index contributed by atoms with van der Waals surface area (Å²) in [7, 11) is 1.37. The number of ether oxygens (including phenoxy) is 2. The summed E-state index contributed by atoms with van der Waals surface area (Å²) in [6, 6.07) is 6.03. The number of rotatable bonds is 8. The van der Waals surface area contributed by atoms with Crippen LogP contribution >= 0.6 is 27.3 Å². The van der Waals surface area contributed by atoms with Crippen LogP contribution in [0.15, 0.2) is 22.7 Å². The minimum atomic E-state index is -0.376. The van der Waals surface area contributed by atoms with Crippen molar-refractivity contribution in [2.75, 3.05) is 19.0 Å². The van der Waals surface area contributed by atoms with E-state index in [4.69, 9.17) is 9.47 Å². The number of fused-ring (bicyclic) bond motifs is 1. The molecule has 0 atom stereocenters. The van der Waals surface area contributed by atoms with E-state index in [9.17, 15) is 9.59 Å². The summed E-state index contributed by atoms with van der Waals surface area (Å²) >= 11 is 5.01. The average Bonchev–Trinajstić information content (AvgIpc) is 3.26. The van der Waals surface area contributed by atoms with Crippen molar-refractivity contribution in [1.82, 2.24) is 0 Å². The minimum Gasteiger partial charge on any atom is -0.492 e. The highest BCUT2D eigenvalue weighted by Crippen LogP contribution is 2.39. The second-order valence-corrected chi connectivity index (χ2v) is 8.63. The third-order valence-corrected chi connectivity index (χ3v) is 6.60. The molecule has 150 valence electrons. The minimum absolute atomic E-state index is 0.117. The molecule has 7 heteroatoms. The van der Waals surface area contributed by atoms with Crippen molar-refractivity contribution in [3.05, 3.63) is 44.2 Å². The lowest BCUT2D eigenvalue weighted by Crippen LogP contribution is -2.15. The van der Waals surface area contributed by atoms with Crippen LogP contribution in [-0.2, 0) is 28.8 Å². The van der Waals surface area contributed by atoms with Gasteiger partial charge in [0.15, 0.2) is 0 Å². The first-order chi connectivity index (χ1) is 13.5. The standard InChI is InChI=1S/C21H24BrNO4S/c1-3-13-9-10-16(15(22)12-13)27-11-5-8-18(24)23-20-19(21(25)26-2)14-6-4-7-17(14)28-20/h9-10,12H,3-8,11H2,1-2H3,(H,23,24). The van der Waals surface area contributed by atoms with Crippen molar-refractivity contribution in [3.8, 4) is 5.75 Å². The number of carbonyl (C=O) groups is 2. The summed E-state index contributed by atoms with van der Waals surface area (Å²) in [5, 5.41) is 3.51. The van der Waals surface area contributed by atoms with E-state index in [1.54, 1.807) is 0 Å². The first kappa shape index (κ1) is 20.9. The van der Waals surface area contributed by atoms with Crippen LogP contribution in [0.25, 0.3) is 0 Å². The van der Waals surface area contributed by atoms with Gasteiger partial charge in [-0.1, -0.05) is 13.0 Å². The fourth-order valence-corrected chi connectivity index (χ4v) is 5.13. The molecule has 0 bridgehead atoms. The molecule has 3 rings (SSSR count). The molecular formula is C21H24BrNO4S. The van der Waals surface area contributed by atoms with Gasteiger partial charge in [0.05, 0.1) is 23.8 Å². The molecule has 0 aliphatic heterocycles. The zero-order chi connectivity index (χ0) is 20.1. The summed E-state index contributed by atoms with van der Waals surface area (Å²) in [5.74, 6) is 0.285. The molecule has 5 nitrogen and oxygen atoms in total. The maximum absolute atomic E-state index is 12.3. The summed E-state index contributed by atoms with van der Waals surface area (Å²) < 4.78 is 11.6. The summed E-state index contributed by atoms with van der Waals surface area (Å²) in [5.41, 5.74) is 2.81. The number of esters is 1. The third-order valence-electron chi connectivity index (χ3n) is 4.77. The summed E-state index contributed by atoms with van der Waals surface area (Å²) in [6.45, 7) is 2.55. The molecular weight excluding hydrogens is 442 g/mol. The molecule has 2 aromatic rings. The summed E-state index contributed by atoms with van der Waals surface area (Å²) in [4.78, 5) is 25.7. The first-order valence-electron chi connectivity index (χ1n) is 9.47. The van der Waals surface area contributed by atoms with E-state index in [1.807, 2.05) is 18.2 Å². The van der Waals surface area contributed by atoms with E-state index in [-0.39, 0.29) is 11.9 Å². The van der Waals surface area contributed by atoms with Gasteiger partial charge >= 0.3 is 5.97 Å². The molecule has 1 amide bonds. The van der Waals surface area contributed by atoms with Crippen LogP contribution in [0.1, 0.15) is 52.5 Å². The molecule has 1 heterocycles. The number of hydrogen-bond donors (Lipinski definition) is 1. The van der Waals surface area contributed by atoms with Crippen molar-refractivity contribution in [2.45, 2.75) is 45.4 Å². The topological polar surface area (TPSA) is 64.6 Å². The Kier molecular flexibility index (Phi) is 7.13. The maximum atomic E-state index is 12.3. The van der Waals surface area contributed by atoms with Gasteiger partial charge in [-0.05, 0) is 71.3 Å². The van der Waals surface area contributed by atoms with E-state index in [0.717, 1.165) is 41.5 Å². The Morgan fingerprint density at radius 3 is 2.82 bits per heavy atom. The lowest BCUT2D eigenvalue weighted by Gasteiger charge is -2.10. The number of carbonyl (C=O) groups excluding carboxylic acids is 2. The number of hydrogen-bond acceptors (Lipinski definition) is 5. The molecule has 1 aliphatic carbocycles. The van der Waals surface area contributed by atoms with E-state index in [2.05, 4.69) is 28.2 Å². The van der Waals surface area contributed by atoms with Gasteiger partial charge in [0, 0.05) is 11.3 Å². The molecule has 0 radical (unpaired) electrons. The molecule has 0 saturated heterocycles. The van der Waals surface area contributed by atoms with Crippen LogP contribution in [0.2, 0.25) is 0 Å². The van der Waals surface area contributed by atoms with E-state index < -0.39 is 0 Å². The van der Waals surface area contributed by atoms with Gasteiger partial charge in [0.1, 0.15) is 10.8 Å². The molecule has 0 fully saturated rings.